The van der Waals surface area contributed by atoms with Crippen LogP contribution in [0.25, 0.3) is 0 Å². The summed E-state index contributed by atoms with van der Waals surface area (Å²) in [5.41, 5.74) is 0.159. The van der Waals surface area contributed by atoms with Gasteiger partial charge in [-0.15, -0.1) is 0 Å². The number of aromatic nitrogens is 1. The van der Waals surface area contributed by atoms with Crippen LogP contribution in [0.2, 0.25) is 0 Å². The van der Waals surface area contributed by atoms with Crippen molar-refractivity contribution >= 4 is 5.97 Å². The highest BCUT2D eigenvalue weighted by molar-refractivity contribution is 5.66. The normalized spacial score (nSPS) is 11.1. The molecule has 0 aromatic carbocycles. The molecule has 0 atom stereocenters. The summed E-state index contributed by atoms with van der Waals surface area (Å²) in [6.45, 7) is 2.97. The van der Waals surface area contributed by atoms with Crippen molar-refractivity contribution in [2.45, 2.75) is 19.5 Å². The number of methoxy groups -OCH3 is 2. The smallest absolute Gasteiger partial charge is 0.305 e. The van der Waals surface area contributed by atoms with Gasteiger partial charge in [0, 0.05) is 52.2 Å². The number of hydrogen-bond donors (Lipinski definition) is 2. The number of pyridine rings is 1. The predicted octanol–water partition coefficient (Wildman–Crippen LogP) is 0.123. The minimum absolute atomic E-state index is 0.0918. The fraction of sp³-hybridized carbons (Fsp3) is 0.600. The van der Waals surface area contributed by atoms with E-state index in [1.54, 1.807) is 18.8 Å². The van der Waals surface area contributed by atoms with Gasteiger partial charge in [0.15, 0.2) is 5.75 Å². The van der Waals surface area contributed by atoms with E-state index in [2.05, 4.69) is 0 Å². The topological polar surface area (TPSA) is 101 Å². The van der Waals surface area contributed by atoms with Crippen molar-refractivity contribution in [3.05, 3.63) is 28.2 Å². The lowest BCUT2D eigenvalue weighted by Crippen LogP contribution is -2.32. The zero-order valence-electron chi connectivity index (χ0n) is 13.5. The molecule has 0 saturated carbocycles. The van der Waals surface area contributed by atoms with Crippen LogP contribution in [0.15, 0.2) is 17.1 Å². The van der Waals surface area contributed by atoms with Crippen molar-refractivity contribution in [2.75, 3.05) is 40.5 Å². The molecule has 2 N–H and O–H groups in total. The Hall–Kier alpha value is -1.90. The number of carbonyl (C=O) groups is 1. The largest absolute Gasteiger partial charge is 0.503 e. The fourth-order valence-electron chi connectivity index (χ4n) is 2.10. The Morgan fingerprint density at radius 1 is 1.26 bits per heavy atom. The molecule has 0 aliphatic heterocycles. The molecule has 0 unspecified atom stereocenters. The van der Waals surface area contributed by atoms with Crippen molar-refractivity contribution in [1.82, 2.24) is 9.47 Å². The van der Waals surface area contributed by atoms with Gasteiger partial charge in [-0.3, -0.25) is 14.5 Å². The molecule has 8 nitrogen and oxygen atoms in total. The Balaban J connectivity index is 2.94. The fourth-order valence-corrected chi connectivity index (χ4v) is 2.10. The van der Waals surface area contributed by atoms with Crippen LogP contribution in [0.4, 0.5) is 0 Å². The molecule has 0 saturated heterocycles. The Morgan fingerprint density at radius 2 is 1.87 bits per heavy atom. The number of hydrogen-bond acceptors (Lipinski definition) is 6. The molecule has 0 aliphatic carbocycles. The van der Waals surface area contributed by atoms with Crippen LogP contribution >= 0.6 is 0 Å². The summed E-state index contributed by atoms with van der Waals surface area (Å²) in [5.74, 6) is -1.33. The highest BCUT2D eigenvalue weighted by Gasteiger charge is 2.12. The Kier molecular flexibility index (Phi) is 8.31. The molecular weight excluding hydrogens is 304 g/mol. The first-order valence-electron chi connectivity index (χ1n) is 7.32. The van der Waals surface area contributed by atoms with E-state index in [9.17, 15) is 14.7 Å². The van der Waals surface area contributed by atoms with Crippen molar-refractivity contribution < 1.29 is 24.5 Å². The maximum atomic E-state index is 11.7. The van der Waals surface area contributed by atoms with E-state index < -0.39 is 11.4 Å². The number of ether oxygens (including phenoxy) is 2. The van der Waals surface area contributed by atoms with Crippen LogP contribution in [0.5, 0.6) is 5.75 Å². The molecular formula is C15H24N2O6. The molecule has 1 aromatic rings. The third-order valence-corrected chi connectivity index (χ3v) is 3.37. The van der Waals surface area contributed by atoms with Gasteiger partial charge in [0.2, 0.25) is 5.43 Å². The number of aromatic hydroxyl groups is 1. The van der Waals surface area contributed by atoms with Crippen molar-refractivity contribution in [1.29, 1.82) is 0 Å². The van der Waals surface area contributed by atoms with Gasteiger partial charge in [-0.05, 0) is 0 Å². The van der Waals surface area contributed by atoms with Gasteiger partial charge in [-0.25, -0.2) is 0 Å². The van der Waals surface area contributed by atoms with Crippen LogP contribution in [-0.2, 0) is 27.4 Å². The maximum Gasteiger partial charge on any atom is 0.305 e. The molecule has 0 fully saturated rings. The summed E-state index contributed by atoms with van der Waals surface area (Å²) in [5, 5.41) is 18.4. The van der Waals surface area contributed by atoms with E-state index in [0.717, 1.165) is 0 Å². The van der Waals surface area contributed by atoms with Crippen LogP contribution < -0.4 is 5.43 Å². The number of carboxylic acids is 1. The average molecular weight is 328 g/mol. The lowest BCUT2D eigenvalue weighted by molar-refractivity contribution is -0.137. The highest BCUT2D eigenvalue weighted by Crippen LogP contribution is 2.09. The Labute approximate surface area is 134 Å². The quantitative estimate of drug-likeness (QED) is 0.595. The maximum absolute atomic E-state index is 11.7. The van der Waals surface area contributed by atoms with Gasteiger partial charge in [0.05, 0.1) is 25.8 Å². The molecule has 130 valence electrons. The minimum atomic E-state index is -0.940. The average Bonchev–Trinajstić information content (AvgIpc) is 2.51. The van der Waals surface area contributed by atoms with E-state index in [4.69, 9.17) is 14.6 Å². The molecule has 8 heteroatoms. The number of rotatable bonds is 11. The molecule has 23 heavy (non-hydrogen) atoms. The van der Waals surface area contributed by atoms with Gasteiger partial charge >= 0.3 is 5.97 Å². The van der Waals surface area contributed by atoms with Crippen molar-refractivity contribution in [3.63, 3.8) is 0 Å². The first-order chi connectivity index (χ1) is 11.0. The summed E-state index contributed by atoms with van der Waals surface area (Å²) in [6, 6.07) is 1.34. The van der Waals surface area contributed by atoms with Crippen molar-refractivity contribution in [2.24, 2.45) is 0 Å². The molecule has 0 bridgehead atoms. The van der Waals surface area contributed by atoms with Gasteiger partial charge in [-0.2, -0.15) is 0 Å². The molecule has 1 rings (SSSR count). The third kappa shape index (κ3) is 6.81. The van der Waals surface area contributed by atoms with E-state index >= 15 is 0 Å². The van der Waals surface area contributed by atoms with Crippen LogP contribution in [0.1, 0.15) is 12.1 Å². The van der Waals surface area contributed by atoms with Crippen LogP contribution in [0.3, 0.4) is 0 Å². The molecule has 1 aromatic heterocycles. The van der Waals surface area contributed by atoms with Gasteiger partial charge < -0.3 is 24.3 Å². The summed E-state index contributed by atoms with van der Waals surface area (Å²) < 4.78 is 11.7. The summed E-state index contributed by atoms with van der Waals surface area (Å²) >= 11 is 0. The monoisotopic (exact) mass is 328 g/mol. The Bertz CT molecular complexity index is 549. The SMILES string of the molecule is COCCN(CCOC)Cc1cc(=O)c(O)cn1CCC(=O)O. The lowest BCUT2D eigenvalue weighted by atomic mass is 10.2. The van der Waals surface area contributed by atoms with E-state index in [-0.39, 0.29) is 18.7 Å². The number of aryl methyl sites for hydroxylation is 1. The second-order valence-electron chi connectivity index (χ2n) is 5.11. The summed E-state index contributed by atoms with van der Waals surface area (Å²) in [7, 11) is 3.22. The van der Waals surface area contributed by atoms with E-state index in [0.29, 0.717) is 38.5 Å². The number of aliphatic carboxylic acids is 1. The van der Waals surface area contributed by atoms with Gasteiger partial charge in [0.25, 0.3) is 0 Å². The van der Waals surface area contributed by atoms with Gasteiger partial charge in [-0.1, -0.05) is 0 Å². The number of nitrogens with zero attached hydrogens (tertiary/aromatic N) is 2. The highest BCUT2D eigenvalue weighted by atomic mass is 16.5. The van der Waals surface area contributed by atoms with E-state index in [1.165, 1.54) is 12.3 Å². The standard InChI is InChI=1S/C15H24N2O6/c1-22-7-5-16(6-8-23-2)10-12-9-13(18)14(19)11-17(12)4-3-15(20)21/h9,11,19H,3-8,10H2,1-2H3,(H,20,21). The molecule has 1 heterocycles. The molecule has 0 aliphatic rings. The Morgan fingerprint density at radius 3 is 2.39 bits per heavy atom. The first kappa shape index (κ1) is 19.1. The summed E-state index contributed by atoms with van der Waals surface area (Å²) in [6.07, 6.45) is 1.19. The third-order valence-electron chi connectivity index (χ3n) is 3.37. The van der Waals surface area contributed by atoms with E-state index in [1.807, 2.05) is 4.90 Å². The molecule has 0 radical (unpaired) electrons. The van der Waals surface area contributed by atoms with Crippen LogP contribution in [-0.4, -0.2) is 66.2 Å². The second-order valence-corrected chi connectivity index (χ2v) is 5.11. The lowest BCUT2D eigenvalue weighted by Gasteiger charge is -2.23. The first-order valence-corrected chi connectivity index (χ1v) is 7.32. The molecule has 0 amide bonds. The second kappa shape index (κ2) is 9.98. The van der Waals surface area contributed by atoms with Gasteiger partial charge in [0.1, 0.15) is 0 Å². The zero-order valence-corrected chi connectivity index (χ0v) is 13.5. The van der Waals surface area contributed by atoms with Crippen LogP contribution in [0, 0.1) is 0 Å². The predicted molar refractivity (Wildman–Crippen MR) is 83.6 cm³/mol. The minimum Gasteiger partial charge on any atom is -0.503 e. The summed E-state index contributed by atoms with van der Waals surface area (Å²) in [4.78, 5) is 24.5. The molecule has 0 spiro atoms. The number of carboxylic acid groups (broad SMARTS) is 1. The van der Waals surface area contributed by atoms with Crippen molar-refractivity contribution in [3.8, 4) is 5.75 Å². The zero-order chi connectivity index (χ0) is 17.2.